The van der Waals surface area contributed by atoms with Crippen LogP contribution in [0.4, 0.5) is 0 Å². The molecule has 0 aliphatic heterocycles. The van der Waals surface area contributed by atoms with Crippen molar-refractivity contribution in [2.45, 2.75) is 6.42 Å². The quantitative estimate of drug-likeness (QED) is 0.655. The highest BCUT2D eigenvalue weighted by Crippen LogP contribution is 2.07. The largest absolute Gasteiger partial charge is 0.494 e. The van der Waals surface area contributed by atoms with Crippen LogP contribution in [-0.2, 0) is 0 Å². The van der Waals surface area contributed by atoms with Crippen molar-refractivity contribution in [3.8, 4) is 5.75 Å². The molecule has 0 heterocycles. The van der Waals surface area contributed by atoms with Gasteiger partial charge in [0, 0.05) is 0 Å². The third-order valence-corrected chi connectivity index (χ3v) is 1.30. The van der Waals surface area contributed by atoms with Gasteiger partial charge in [-0.2, -0.15) is 0 Å². The molecule has 2 heteroatoms. The Labute approximate surface area is 67.0 Å². The summed E-state index contributed by atoms with van der Waals surface area (Å²) in [7, 11) is 0. The van der Waals surface area contributed by atoms with E-state index in [9.17, 15) is 0 Å². The first-order valence-electron chi connectivity index (χ1n) is 3.72. The molecule has 0 saturated heterocycles. The van der Waals surface area contributed by atoms with Crippen LogP contribution in [0.25, 0.3) is 0 Å². The van der Waals surface area contributed by atoms with Gasteiger partial charge >= 0.3 is 0 Å². The zero-order chi connectivity index (χ0) is 7.94. The van der Waals surface area contributed by atoms with E-state index in [1.807, 2.05) is 24.3 Å². The summed E-state index contributed by atoms with van der Waals surface area (Å²) >= 11 is 0. The molecule has 0 aromatic heterocycles. The Hall–Kier alpha value is -1.02. The Balaban J connectivity index is 2.28. The molecule has 0 unspecified atom stereocenters. The van der Waals surface area contributed by atoms with Crippen molar-refractivity contribution in [2.75, 3.05) is 13.2 Å². The lowest BCUT2D eigenvalue weighted by molar-refractivity contribution is 0.313. The molecule has 1 aromatic rings. The molecule has 1 rings (SSSR count). The molecule has 0 fully saturated rings. The molecule has 0 bridgehead atoms. The zero-order valence-electron chi connectivity index (χ0n) is 6.42. The van der Waals surface area contributed by atoms with Gasteiger partial charge in [0.05, 0.1) is 6.61 Å². The molecule has 59 valence electrons. The third kappa shape index (κ3) is 3.05. The number of hydrogen-bond donors (Lipinski definition) is 1. The van der Waals surface area contributed by atoms with Gasteiger partial charge in [-0.3, -0.25) is 0 Å². The Morgan fingerprint density at radius 3 is 2.73 bits per heavy atom. The number of nitrogens with two attached hydrogens (primary N) is 1. The lowest BCUT2D eigenvalue weighted by atomic mass is 10.3. The molecule has 0 saturated carbocycles. The van der Waals surface area contributed by atoms with Crippen molar-refractivity contribution < 1.29 is 4.74 Å². The van der Waals surface area contributed by atoms with Crippen molar-refractivity contribution in [1.29, 1.82) is 0 Å². The predicted molar refractivity (Wildman–Crippen MR) is 44.4 cm³/mol. The van der Waals surface area contributed by atoms with Gasteiger partial charge in [-0.15, -0.1) is 0 Å². The number of rotatable bonds is 4. The lowest BCUT2D eigenvalue weighted by Gasteiger charge is -2.03. The number of ether oxygens (including phenoxy) is 1. The minimum atomic E-state index is 0.680. The molecule has 0 aliphatic carbocycles. The third-order valence-electron chi connectivity index (χ3n) is 1.30. The summed E-state index contributed by atoms with van der Waals surface area (Å²) in [6.45, 7) is 1.37. The summed E-state index contributed by atoms with van der Waals surface area (Å²) in [5, 5.41) is 0. The zero-order valence-corrected chi connectivity index (χ0v) is 6.42. The van der Waals surface area contributed by atoms with Gasteiger partial charge in [0.25, 0.3) is 0 Å². The molecule has 0 atom stereocenters. The van der Waals surface area contributed by atoms with Crippen LogP contribution in [0.1, 0.15) is 6.42 Å². The average molecular weight is 150 g/mol. The van der Waals surface area contributed by atoms with Crippen molar-refractivity contribution in [3.63, 3.8) is 0 Å². The van der Waals surface area contributed by atoms with Gasteiger partial charge in [0.1, 0.15) is 5.75 Å². The number of benzene rings is 1. The molecule has 0 aliphatic rings. The molecule has 1 radical (unpaired) electrons. The topological polar surface area (TPSA) is 35.2 Å². The first-order valence-corrected chi connectivity index (χ1v) is 3.72. The van der Waals surface area contributed by atoms with Crippen LogP contribution in [0, 0.1) is 6.07 Å². The Kier molecular flexibility index (Phi) is 3.48. The molecular weight excluding hydrogens is 138 g/mol. The predicted octanol–water partition coefficient (Wildman–Crippen LogP) is 1.21. The van der Waals surface area contributed by atoms with Gasteiger partial charge in [-0.1, -0.05) is 12.1 Å². The first-order chi connectivity index (χ1) is 5.43. The van der Waals surface area contributed by atoms with Crippen LogP contribution >= 0.6 is 0 Å². The van der Waals surface area contributed by atoms with Crippen LogP contribution in [0.3, 0.4) is 0 Å². The van der Waals surface area contributed by atoms with Crippen LogP contribution in [0.15, 0.2) is 24.3 Å². The van der Waals surface area contributed by atoms with E-state index in [4.69, 9.17) is 10.5 Å². The maximum Gasteiger partial charge on any atom is 0.119 e. The van der Waals surface area contributed by atoms with Crippen molar-refractivity contribution in [1.82, 2.24) is 0 Å². The fourth-order valence-corrected chi connectivity index (χ4v) is 0.741. The maximum atomic E-state index is 5.35. The van der Waals surface area contributed by atoms with Crippen LogP contribution < -0.4 is 10.5 Å². The van der Waals surface area contributed by atoms with E-state index in [1.165, 1.54) is 0 Å². The fourth-order valence-electron chi connectivity index (χ4n) is 0.741. The van der Waals surface area contributed by atoms with Crippen molar-refractivity contribution in [3.05, 3.63) is 30.3 Å². The highest BCUT2D eigenvalue weighted by atomic mass is 16.5. The SMILES string of the molecule is NCCCOc1cc[c]cc1. The van der Waals surface area contributed by atoms with Gasteiger partial charge in [-0.25, -0.2) is 0 Å². The van der Waals surface area contributed by atoms with E-state index < -0.39 is 0 Å². The van der Waals surface area contributed by atoms with Crippen LogP contribution in [0.5, 0.6) is 5.75 Å². The molecule has 2 N–H and O–H groups in total. The van der Waals surface area contributed by atoms with Crippen molar-refractivity contribution in [2.24, 2.45) is 5.73 Å². The van der Waals surface area contributed by atoms with Crippen molar-refractivity contribution >= 4 is 0 Å². The number of hydrogen-bond acceptors (Lipinski definition) is 2. The van der Waals surface area contributed by atoms with Crippen LogP contribution in [0.2, 0.25) is 0 Å². The van der Waals surface area contributed by atoms with E-state index >= 15 is 0 Å². The average Bonchev–Trinajstić information content (AvgIpc) is 2.07. The highest BCUT2D eigenvalue weighted by molar-refractivity contribution is 5.20. The normalized spacial score (nSPS) is 9.55. The van der Waals surface area contributed by atoms with Gasteiger partial charge < -0.3 is 10.5 Å². The molecular formula is C9H12NO. The Morgan fingerprint density at radius 1 is 1.36 bits per heavy atom. The molecule has 1 aromatic carbocycles. The van der Waals surface area contributed by atoms with E-state index in [2.05, 4.69) is 6.07 Å². The molecule has 2 nitrogen and oxygen atoms in total. The molecule has 0 amide bonds. The second kappa shape index (κ2) is 4.74. The summed E-state index contributed by atoms with van der Waals surface area (Å²) in [4.78, 5) is 0. The second-order valence-electron chi connectivity index (χ2n) is 2.23. The van der Waals surface area contributed by atoms with Crippen LogP contribution in [-0.4, -0.2) is 13.2 Å². The van der Waals surface area contributed by atoms with E-state index in [1.54, 1.807) is 0 Å². The smallest absolute Gasteiger partial charge is 0.119 e. The van der Waals surface area contributed by atoms with E-state index in [0.717, 1.165) is 12.2 Å². The monoisotopic (exact) mass is 150 g/mol. The Bertz CT molecular complexity index is 186. The minimum Gasteiger partial charge on any atom is -0.494 e. The van der Waals surface area contributed by atoms with E-state index in [-0.39, 0.29) is 0 Å². The highest BCUT2D eigenvalue weighted by Gasteiger charge is 1.88. The van der Waals surface area contributed by atoms with Gasteiger partial charge in [0.2, 0.25) is 0 Å². The second-order valence-corrected chi connectivity index (χ2v) is 2.23. The standard InChI is InChI=1S/C9H12NO/c10-7-4-8-11-9-5-2-1-3-6-9/h2-3,5-6H,4,7-8,10H2. The summed E-state index contributed by atoms with van der Waals surface area (Å²) in [5.41, 5.74) is 5.31. The lowest BCUT2D eigenvalue weighted by Crippen LogP contribution is -2.05. The first kappa shape index (κ1) is 8.08. The maximum absolute atomic E-state index is 5.35. The minimum absolute atomic E-state index is 0.680. The molecule has 11 heavy (non-hydrogen) atoms. The summed E-state index contributed by atoms with van der Waals surface area (Å²) in [6, 6.07) is 10.4. The summed E-state index contributed by atoms with van der Waals surface area (Å²) < 4.78 is 5.35. The summed E-state index contributed by atoms with van der Waals surface area (Å²) in [5.74, 6) is 0.886. The Morgan fingerprint density at radius 2 is 2.09 bits per heavy atom. The van der Waals surface area contributed by atoms with Gasteiger partial charge in [-0.05, 0) is 31.2 Å². The molecule has 0 spiro atoms. The van der Waals surface area contributed by atoms with E-state index in [0.29, 0.717) is 13.2 Å². The van der Waals surface area contributed by atoms with Gasteiger partial charge in [0.15, 0.2) is 0 Å². The fraction of sp³-hybridized carbons (Fsp3) is 0.333. The summed E-state index contributed by atoms with van der Waals surface area (Å²) in [6.07, 6.45) is 0.901.